The maximum absolute atomic E-state index is 11.8. The van der Waals surface area contributed by atoms with Crippen LogP contribution in [0.3, 0.4) is 0 Å². The molecule has 0 saturated carbocycles. The number of nitrogens with one attached hydrogen (secondary N) is 1. The quantitative estimate of drug-likeness (QED) is 0.782. The summed E-state index contributed by atoms with van der Waals surface area (Å²) in [6.07, 6.45) is 0. The van der Waals surface area contributed by atoms with E-state index in [0.29, 0.717) is 16.3 Å². The number of carbonyl (C=O) groups excluding carboxylic acids is 1. The van der Waals surface area contributed by atoms with Crippen molar-refractivity contribution in [3.63, 3.8) is 0 Å². The van der Waals surface area contributed by atoms with Gasteiger partial charge in [0.25, 0.3) is 5.91 Å². The maximum Gasteiger partial charge on any atom is 0.265 e. The van der Waals surface area contributed by atoms with Gasteiger partial charge in [0, 0.05) is 0 Å². The largest absolute Gasteiger partial charge is 0.397 e. The van der Waals surface area contributed by atoms with Crippen molar-refractivity contribution in [3.05, 3.63) is 46.2 Å². The number of aryl methyl sites for hydroxylation is 1. The number of anilines is 2. The second kappa shape index (κ2) is 4.37. The first-order chi connectivity index (χ1) is 7.66. The SMILES string of the molecule is Cc1ccc(N)c(NC(=O)c2cccs2)c1. The lowest BCUT2D eigenvalue weighted by Crippen LogP contribution is -2.11. The smallest absolute Gasteiger partial charge is 0.265 e. The molecule has 1 heterocycles. The Kier molecular flexibility index (Phi) is 2.92. The molecule has 1 amide bonds. The molecular formula is C12H12N2OS. The van der Waals surface area contributed by atoms with Gasteiger partial charge in [0.05, 0.1) is 16.3 Å². The summed E-state index contributed by atoms with van der Waals surface area (Å²) >= 11 is 1.41. The summed E-state index contributed by atoms with van der Waals surface area (Å²) in [6.45, 7) is 1.96. The first-order valence-electron chi connectivity index (χ1n) is 4.88. The van der Waals surface area contributed by atoms with E-state index in [4.69, 9.17) is 5.73 Å². The Morgan fingerprint density at radius 3 is 2.88 bits per heavy atom. The molecule has 0 fully saturated rings. The van der Waals surface area contributed by atoms with Crippen molar-refractivity contribution >= 4 is 28.6 Å². The van der Waals surface area contributed by atoms with Crippen LogP contribution in [0.4, 0.5) is 11.4 Å². The van der Waals surface area contributed by atoms with Crippen molar-refractivity contribution in [1.82, 2.24) is 0 Å². The van der Waals surface area contributed by atoms with Gasteiger partial charge in [0.1, 0.15) is 0 Å². The van der Waals surface area contributed by atoms with E-state index in [0.717, 1.165) is 5.56 Å². The molecule has 0 bridgehead atoms. The van der Waals surface area contributed by atoms with Gasteiger partial charge >= 0.3 is 0 Å². The molecule has 0 aliphatic rings. The van der Waals surface area contributed by atoms with Crippen LogP contribution in [0.2, 0.25) is 0 Å². The van der Waals surface area contributed by atoms with E-state index in [1.165, 1.54) is 11.3 Å². The van der Waals surface area contributed by atoms with Crippen molar-refractivity contribution in [2.75, 3.05) is 11.1 Å². The number of hydrogen-bond acceptors (Lipinski definition) is 3. The lowest BCUT2D eigenvalue weighted by atomic mass is 10.2. The normalized spacial score (nSPS) is 10.1. The number of hydrogen-bond donors (Lipinski definition) is 2. The van der Waals surface area contributed by atoms with E-state index in [-0.39, 0.29) is 5.91 Å². The zero-order valence-electron chi connectivity index (χ0n) is 8.86. The monoisotopic (exact) mass is 232 g/mol. The molecule has 0 saturated heterocycles. The van der Waals surface area contributed by atoms with E-state index in [9.17, 15) is 4.79 Å². The van der Waals surface area contributed by atoms with E-state index >= 15 is 0 Å². The molecule has 1 aromatic heterocycles. The van der Waals surface area contributed by atoms with Crippen LogP contribution in [-0.2, 0) is 0 Å². The molecular weight excluding hydrogens is 220 g/mol. The molecule has 2 aromatic rings. The summed E-state index contributed by atoms with van der Waals surface area (Å²) in [4.78, 5) is 12.5. The van der Waals surface area contributed by atoms with Crippen LogP contribution < -0.4 is 11.1 Å². The van der Waals surface area contributed by atoms with Gasteiger partial charge in [-0.25, -0.2) is 0 Å². The molecule has 0 aliphatic carbocycles. The Morgan fingerprint density at radius 1 is 1.38 bits per heavy atom. The van der Waals surface area contributed by atoms with Crippen molar-refractivity contribution in [2.45, 2.75) is 6.92 Å². The summed E-state index contributed by atoms with van der Waals surface area (Å²) in [5.41, 5.74) is 8.09. The van der Waals surface area contributed by atoms with Gasteiger partial charge in [-0.15, -0.1) is 11.3 Å². The fourth-order valence-electron chi connectivity index (χ4n) is 1.37. The minimum atomic E-state index is -0.118. The van der Waals surface area contributed by atoms with Gasteiger partial charge in [0.2, 0.25) is 0 Å². The highest BCUT2D eigenvalue weighted by atomic mass is 32.1. The molecule has 0 aliphatic heterocycles. The highest BCUT2D eigenvalue weighted by Gasteiger charge is 2.08. The number of nitrogen functional groups attached to an aromatic ring is 1. The third-order valence-electron chi connectivity index (χ3n) is 2.20. The molecule has 16 heavy (non-hydrogen) atoms. The van der Waals surface area contributed by atoms with Gasteiger partial charge in [0.15, 0.2) is 0 Å². The average molecular weight is 232 g/mol. The summed E-state index contributed by atoms with van der Waals surface area (Å²) in [7, 11) is 0. The number of carbonyl (C=O) groups is 1. The Morgan fingerprint density at radius 2 is 2.19 bits per heavy atom. The van der Waals surface area contributed by atoms with Gasteiger partial charge in [-0.05, 0) is 36.1 Å². The van der Waals surface area contributed by atoms with E-state index in [2.05, 4.69) is 5.32 Å². The highest BCUT2D eigenvalue weighted by molar-refractivity contribution is 7.12. The molecule has 0 atom stereocenters. The zero-order valence-corrected chi connectivity index (χ0v) is 9.67. The molecule has 3 N–H and O–H groups in total. The van der Waals surface area contributed by atoms with Crippen LogP contribution >= 0.6 is 11.3 Å². The van der Waals surface area contributed by atoms with Crippen molar-refractivity contribution < 1.29 is 4.79 Å². The Hall–Kier alpha value is -1.81. The van der Waals surface area contributed by atoms with Crippen LogP contribution in [0, 0.1) is 6.92 Å². The van der Waals surface area contributed by atoms with Gasteiger partial charge in [-0.2, -0.15) is 0 Å². The van der Waals surface area contributed by atoms with Crippen molar-refractivity contribution in [2.24, 2.45) is 0 Å². The van der Waals surface area contributed by atoms with Crippen molar-refractivity contribution in [3.8, 4) is 0 Å². The van der Waals surface area contributed by atoms with E-state index in [1.807, 2.05) is 30.5 Å². The molecule has 0 spiro atoms. The van der Waals surface area contributed by atoms with Gasteiger partial charge in [-0.1, -0.05) is 12.1 Å². The summed E-state index contributed by atoms with van der Waals surface area (Å²) in [5.74, 6) is -0.118. The van der Waals surface area contributed by atoms with Gasteiger partial charge in [-0.3, -0.25) is 4.79 Å². The van der Waals surface area contributed by atoms with Crippen LogP contribution in [-0.4, -0.2) is 5.91 Å². The molecule has 4 heteroatoms. The fraction of sp³-hybridized carbons (Fsp3) is 0.0833. The number of thiophene rings is 1. The predicted molar refractivity (Wildman–Crippen MR) is 67.9 cm³/mol. The third-order valence-corrected chi connectivity index (χ3v) is 3.07. The van der Waals surface area contributed by atoms with Crippen LogP contribution in [0.15, 0.2) is 35.7 Å². The van der Waals surface area contributed by atoms with Crippen LogP contribution in [0.5, 0.6) is 0 Å². The standard InChI is InChI=1S/C12H12N2OS/c1-8-4-5-9(13)10(7-8)14-12(15)11-3-2-6-16-11/h2-7H,13H2,1H3,(H,14,15). The van der Waals surface area contributed by atoms with E-state index in [1.54, 1.807) is 12.1 Å². The van der Waals surface area contributed by atoms with E-state index < -0.39 is 0 Å². The fourth-order valence-corrected chi connectivity index (χ4v) is 1.99. The Labute approximate surface area is 97.9 Å². The zero-order chi connectivity index (χ0) is 11.5. The minimum absolute atomic E-state index is 0.118. The van der Waals surface area contributed by atoms with Crippen LogP contribution in [0.1, 0.15) is 15.2 Å². The number of benzene rings is 1. The Bertz CT molecular complexity index is 506. The topological polar surface area (TPSA) is 55.1 Å². The first-order valence-corrected chi connectivity index (χ1v) is 5.76. The summed E-state index contributed by atoms with van der Waals surface area (Å²) in [5, 5.41) is 4.67. The molecule has 1 aromatic carbocycles. The number of amides is 1. The summed E-state index contributed by atoms with van der Waals surface area (Å²) < 4.78 is 0. The summed E-state index contributed by atoms with van der Waals surface area (Å²) in [6, 6.07) is 9.20. The average Bonchev–Trinajstić information content (AvgIpc) is 2.76. The second-order valence-electron chi connectivity index (χ2n) is 3.52. The second-order valence-corrected chi connectivity index (χ2v) is 4.47. The number of rotatable bonds is 2. The predicted octanol–water partition coefficient (Wildman–Crippen LogP) is 2.89. The number of nitrogens with two attached hydrogens (primary N) is 1. The van der Waals surface area contributed by atoms with Crippen LogP contribution in [0.25, 0.3) is 0 Å². The first kappa shape index (κ1) is 10.7. The molecule has 3 nitrogen and oxygen atoms in total. The van der Waals surface area contributed by atoms with Gasteiger partial charge < -0.3 is 11.1 Å². The molecule has 0 radical (unpaired) electrons. The Balaban J connectivity index is 2.21. The lowest BCUT2D eigenvalue weighted by Gasteiger charge is -2.07. The highest BCUT2D eigenvalue weighted by Crippen LogP contribution is 2.21. The molecule has 2 rings (SSSR count). The lowest BCUT2D eigenvalue weighted by molar-refractivity contribution is 0.103. The maximum atomic E-state index is 11.8. The molecule has 0 unspecified atom stereocenters. The third kappa shape index (κ3) is 2.23. The molecule has 82 valence electrons. The minimum Gasteiger partial charge on any atom is -0.397 e. The van der Waals surface area contributed by atoms with Crippen molar-refractivity contribution in [1.29, 1.82) is 0 Å².